The molecular weight excluding hydrogens is 364 g/mol. The number of H-pyrrole nitrogens is 1. The Bertz CT molecular complexity index is 898. The van der Waals surface area contributed by atoms with Crippen LogP contribution in [-0.4, -0.2) is 36.8 Å². The Balaban J connectivity index is 2.03. The van der Waals surface area contributed by atoms with Gasteiger partial charge in [-0.25, -0.2) is 13.1 Å². The molecule has 0 aliphatic heterocycles. The van der Waals surface area contributed by atoms with E-state index in [2.05, 4.69) is 39.3 Å². The highest BCUT2D eigenvalue weighted by molar-refractivity contribution is 7.88. The number of anilines is 1. The minimum atomic E-state index is -3.52. The van der Waals surface area contributed by atoms with Gasteiger partial charge in [-0.2, -0.15) is 5.10 Å². The van der Waals surface area contributed by atoms with E-state index in [9.17, 15) is 13.2 Å². The first-order chi connectivity index (χ1) is 12.5. The van der Waals surface area contributed by atoms with Crippen LogP contribution in [0.4, 0.5) is 5.82 Å². The highest BCUT2D eigenvalue weighted by Crippen LogP contribution is 2.21. The standard InChI is InChI=1S/C19H28N4O3S/c1-13-8-6-7-9-14(13)10-11-15-12-16(22-21-15)20-18(24)17(19(2,3)4)23-27(5,25)26/h6-9,12,17,23H,10-11H2,1-5H3,(H2,20,21,22,24). The van der Waals surface area contributed by atoms with E-state index in [0.717, 1.165) is 24.8 Å². The van der Waals surface area contributed by atoms with Crippen LogP contribution in [0.3, 0.4) is 0 Å². The lowest BCUT2D eigenvalue weighted by atomic mass is 9.87. The predicted octanol–water partition coefficient (Wildman–Crippen LogP) is 2.41. The van der Waals surface area contributed by atoms with E-state index in [-0.39, 0.29) is 0 Å². The summed E-state index contributed by atoms with van der Waals surface area (Å²) in [5.41, 5.74) is 2.82. The largest absolute Gasteiger partial charge is 0.308 e. The minimum absolute atomic E-state index is 0.379. The van der Waals surface area contributed by atoms with Gasteiger partial charge in [0.25, 0.3) is 0 Å². The second-order valence-electron chi connectivity index (χ2n) is 7.88. The third-order valence-corrected chi connectivity index (χ3v) is 4.93. The maximum Gasteiger partial charge on any atom is 0.244 e. The molecule has 3 N–H and O–H groups in total. The van der Waals surface area contributed by atoms with Gasteiger partial charge in [-0.15, -0.1) is 0 Å². The number of benzene rings is 1. The number of nitrogens with zero attached hydrogens (tertiary/aromatic N) is 1. The molecule has 0 bridgehead atoms. The Kier molecular flexibility index (Phi) is 6.43. The zero-order chi connectivity index (χ0) is 20.2. The summed E-state index contributed by atoms with van der Waals surface area (Å²) in [4.78, 5) is 12.6. The van der Waals surface area contributed by atoms with E-state index in [4.69, 9.17) is 0 Å². The van der Waals surface area contributed by atoms with Crippen molar-refractivity contribution in [1.82, 2.24) is 14.9 Å². The van der Waals surface area contributed by atoms with Crippen LogP contribution in [0.25, 0.3) is 0 Å². The molecule has 1 aromatic heterocycles. The van der Waals surface area contributed by atoms with Crippen molar-refractivity contribution in [1.29, 1.82) is 0 Å². The number of carbonyl (C=O) groups excluding carboxylic acids is 1. The zero-order valence-corrected chi connectivity index (χ0v) is 17.3. The van der Waals surface area contributed by atoms with Gasteiger partial charge in [-0.3, -0.25) is 9.89 Å². The van der Waals surface area contributed by atoms with Crippen molar-refractivity contribution in [2.75, 3.05) is 11.6 Å². The van der Waals surface area contributed by atoms with E-state index in [0.29, 0.717) is 5.82 Å². The number of aryl methyl sites for hydroxylation is 3. The molecule has 1 unspecified atom stereocenters. The summed E-state index contributed by atoms with van der Waals surface area (Å²) in [6.45, 7) is 7.48. The van der Waals surface area contributed by atoms with Crippen molar-refractivity contribution >= 4 is 21.7 Å². The Morgan fingerprint density at radius 2 is 1.89 bits per heavy atom. The number of aromatic nitrogens is 2. The van der Waals surface area contributed by atoms with Crippen molar-refractivity contribution in [2.24, 2.45) is 5.41 Å². The summed E-state index contributed by atoms with van der Waals surface area (Å²) in [5, 5.41) is 9.73. The maximum atomic E-state index is 12.6. The smallest absolute Gasteiger partial charge is 0.244 e. The molecule has 2 rings (SSSR count). The summed E-state index contributed by atoms with van der Waals surface area (Å²) in [6.07, 6.45) is 2.66. The minimum Gasteiger partial charge on any atom is -0.308 e. The number of nitrogens with one attached hydrogen (secondary N) is 3. The molecule has 0 aliphatic rings. The van der Waals surface area contributed by atoms with Crippen LogP contribution in [0.2, 0.25) is 0 Å². The van der Waals surface area contributed by atoms with Gasteiger partial charge in [-0.05, 0) is 36.3 Å². The predicted molar refractivity (Wildman–Crippen MR) is 107 cm³/mol. The first-order valence-corrected chi connectivity index (χ1v) is 10.7. The molecule has 8 heteroatoms. The lowest BCUT2D eigenvalue weighted by molar-refractivity contribution is -0.119. The Hall–Kier alpha value is -2.19. The third-order valence-electron chi connectivity index (χ3n) is 4.27. The van der Waals surface area contributed by atoms with Gasteiger partial charge < -0.3 is 5.32 Å². The number of carbonyl (C=O) groups is 1. The number of hydrogen-bond acceptors (Lipinski definition) is 4. The topological polar surface area (TPSA) is 104 Å². The van der Waals surface area contributed by atoms with Crippen LogP contribution in [0.1, 0.15) is 37.6 Å². The summed E-state index contributed by atoms with van der Waals surface area (Å²) in [7, 11) is -3.52. The maximum absolute atomic E-state index is 12.6. The first kappa shape index (κ1) is 21.1. The Morgan fingerprint density at radius 1 is 1.22 bits per heavy atom. The van der Waals surface area contributed by atoms with Crippen LogP contribution >= 0.6 is 0 Å². The molecule has 148 valence electrons. The SMILES string of the molecule is Cc1ccccc1CCc1cc(NC(=O)C(NS(C)(=O)=O)C(C)(C)C)n[nH]1. The molecule has 0 spiro atoms. The van der Waals surface area contributed by atoms with Gasteiger partial charge in [-0.1, -0.05) is 45.0 Å². The van der Waals surface area contributed by atoms with Crippen LogP contribution in [-0.2, 0) is 27.7 Å². The average Bonchev–Trinajstić information content (AvgIpc) is 2.97. The average molecular weight is 393 g/mol. The van der Waals surface area contributed by atoms with E-state index in [1.165, 1.54) is 11.1 Å². The quantitative estimate of drug-likeness (QED) is 0.673. The number of amides is 1. The normalized spacial score (nSPS) is 13.4. The van der Waals surface area contributed by atoms with Gasteiger partial charge in [0.05, 0.1) is 6.26 Å². The molecule has 0 aliphatic carbocycles. The monoisotopic (exact) mass is 392 g/mol. The van der Waals surface area contributed by atoms with E-state index in [1.54, 1.807) is 26.8 Å². The van der Waals surface area contributed by atoms with Crippen LogP contribution < -0.4 is 10.0 Å². The molecular formula is C19H28N4O3S. The molecule has 2 aromatic rings. The van der Waals surface area contributed by atoms with Gasteiger partial charge in [0.15, 0.2) is 5.82 Å². The Labute approximate surface area is 161 Å². The third kappa shape index (κ3) is 6.48. The van der Waals surface area contributed by atoms with Crippen molar-refractivity contribution in [3.8, 4) is 0 Å². The summed E-state index contributed by atoms with van der Waals surface area (Å²) in [5.74, 6) is -0.0609. The van der Waals surface area contributed by atoms with Crippen molar-refractivity contribution in [3.05, 3.63) is 47.2 Å². The van der Waals surface area contributed by atoms with E-state index in [1.807, 2.05) is 12.1 Å². The molecule has 1 atom stereocenters. The highest BCUT2D eigenvalue weighted by Gasteiger charge is 2.34. The molecule has 0 fully saturated rings. The molecule has 0 saturated carbocycles. The van der Waals surface area contributed by atoms with Crippen molar-refractivity contribution in [3.63, 3.8) is 0 Å². The number of aromatic amines is 1. The lowest BCUT2D eigenvalue weighted by Crippen LogP contribution is -2.51. The fourth-order valence-electron chi connectivity index (χ4n) is 2.75. The van der Waals surface area contributed by atoms with Gasteiger partial charge >= 0.3 is 0 Å². The molecule has 0 saturated heterocycles. The molecule has 27 heavy (non-hydrogen) atoms. The fraction of sp³-hybridized carbons (Fsp3) is 0.474. The second kappa shape index (κ2) is 8.22. The van der Waals surface area contributed by atoms with Gasteiger partial charge in [0.2, 0.25) is 15.9 Å². The van der Waals surface area contributed by atoms with Crippen LogP contribution in [0, 0.1) is 12.3 Å². The summed E-state index contributed by atoms with van der Waals surface area (Å²) in [6, 6.07) is 9.08. The fourth-order valence-corrected chi connectivity index (χ4v) is 3.64. The molecule has 1 aromatic carbocycles. The molecule has 0 radical (unpaired) electrons. The molecule has 1 heterocycles. The summed E-state index contributed by atoms with van der Waals surface area (Å²) < 4.78 is 25.6. The number of hydrogen-bond donors (Lipinski definition) is 3. The Morgan fingerprint density at radius 3 is 2.48 bits per heavy atom. The van der Waals surface area contributed by atoms with Gasteiger partial charge in [0.1, 0.15) is 6.04 Å². The highest BCUT2D eigenvalue weighted by atomic mass is 32.2. The van der Waals surface area contributed by atoms with Gasteiger partial charge in [0, 0.05) is 11.8 Å². The second-order valence-corrected chi connectivity index (χ2v) is 9.66. The van der Waals surface area contributed by atoms with E-state index < -0.39 is 27.4 Å². The summed E-state index contributed by atoms with van der Waals surface area (Å²) >= 11 is 0. The first-order valence-electron chi connectivity index (χ1n) is 8.82. The van der Waals surface area contributed by atoms with Crippen molar-refractivity contribution < 1.29 is 13.2 Å². The number of rotatable bonds is 7. The van der Waals surface area contributed by atoms with E-state index >= 15 is 0 Å². The molecule has 7 nitrogen and oxygen atoms in total. The van der Waals surface area contributed by atoms with Crippen molar-refractivity contribution in [2.45, 2.75) is 46.6 Å². The molecule has 1 amide bonds. The number of sulfonamides is 1. The lowest BCUT2D eigenvalue weighted by Gasteiger charge is -2.29. The van der Waals surface area contributed by atoms with Crippen LogP contribution in [0.5, 0.6) is 0 Å². The zero-order valence-electron chi connectivity index (χ0n) is 16.5. The van der Waals surface area contributed by atoms with Crippen LogP contribution in [0.15, 0.2) is 30.3 Å².